The predicted octanol–water partition coefficient (Wildman–Crippen LogP) is 4.73. The van der Waals surface area contributed by atoms with E-state index < -0.39 is 0 Å². The first-order valence-electron chi connectivity index (χ1n) is 8.95. The summed E-state index contributed by atoms with van der Waals surface area (Å²) in [5.74, 6) is -0.0659. The van der Waals surface area contributed by atoms with Crippen molar-refractivity contribution in [2.45, 2.75) is 19.9 Å². The first kappa shape index (κ1) is 17.5. The van der Waals surface area contributed by atoms with Crippen molar-refractivity contribution in [1.29, 1.82) is 0 Å². The molecule has 0 aliphatic heterocycles. The Morgan fingerprint density at radius 3 is 2.59 bits per heavy atom. The smallest absolute Gasteiger partial charge is 0.251 e. The van der Waals surface area contributed by atoms with Gasteiger partial charge in [0.05, 0.1) is 5.69 Å². The molecular formula is C22H21N3OS. The molecular weight excluding hydrogens is 354 g/mol. The van der Waals surface area contributed by atoms with E-state index in [1.807, 2.05) is 67.1 Å². The minimum absolute atomic E-state index is 0.0110. The number of hydrogen-bond donors (Lipinski definition) is 1. The molecule has 27 heavy (non-hydrogen) atoms. The molecule has 4 nitrogen and oxygen atoms in total. The highest BCUT2D eigenvalue weighted by Gasteiger charge is 2.19. The second-order valence-corrected chi connectivity index (χ2v) is 7.65. The van der Waals surface area contributed by atoms with Gasteiger partial charge in [-0.05, 0) is 54.3 Å². The molecule has 1 unspecified atom stereocenters. The van der Waals surface area contributed by atoms with Crippen molar-refractivity contribution in [1.82, 2.24) is 15.1 Å². The van der Waals surface area contributed by atoms with E-state index in [4.69, 9.17) is 0 Å². The molecule has 2 aromatic carbocycles. The van der Waals surface area contributed by atoms with Crippen LogP contribution in [0.15, 0.2) is 66.0 Å². The molecule has 136 valence electrons. The van der Waals surface area contributed by atoms with E-state index in [1.165, 1.54) is 4.88 Å². The minimum Gasteiger partial charge on any atom is -0.350 e. The van der Waals surface area contributed by atoms with Crippen LogP contribution in [0.4, 0.5) is 0 Å². The number of amides is 1. The fourth-order valence-electron chi connectivity index (χ4n) is 3.37. The average Bonchev–Trinajstić information content (AvgIpc) is 3.31. The highest BCUT2D eigenvalue weighted by atomic mass is 32.1. The molecule has 0 saturated carbocycles. The van der Waals surface area contributed by atoms with Gasteiger partial charge in [0.2, 0.25) is 0 Å². The molecule has 1 amide bonds. The number of rotatable bonds is 5. The summed E-state index contributed by atoms with van der Waals surface area (Å²) in [5.41, 5.74) is 2.74. The van der Waals surface area contributed by atoms with Crippen LogP contribution in [0, 0.1) is 13.8 Å². The van der Waals surface area contributed by atoms with Crippen LogP contribution >= 0.6 is 11.3 Å². The maximum atomic E-state index is 12.7. The number of aryl methyl sites for hydroxylation is 2. The van der Waals surface area contributed by atoms with E-state index in [9.17, 15) is 4.79 Å². The van der Waals surface area contributed by atoms with E-state index in [2.05, 4.69) is 27.9 Å². The molecule has 2 aromatic heterocycles. The first-order chi connectivity index (χ1) is 13.1. The van der Waals surface area contributed by atoms with Gasteiger partial charge >= 0.3 is 0 Å². The van der Waals surface area contributed by atoms with E-state index in [0.717, 1.165) is 22.2 Å². The van der Waals surface area contributed by atoms with Crippen molar-refractivity contribution < 1.29 is 4.79 Å². The molecule has 1 atom stereocenters. The summed E-state index contributed by atoms with van der Waals surface area (Å²) in [7, 11) is 0. The van der Waals surface area contributed by atoms with Crippen LogP contribution in [0.25, 0.3) is 10.8 Å². The van der Waals surface area contributed by atoms with Crippen LogP contribution in [0.5, 0.6) is 0 Å². The Balaban J connectivity index is 1.56. The van der Waals surface area contributed by atoms with Gasteiger partial charge in [-0.3, -0.25) is 9.48 Å². The Morgan fingerprint density at radius 1 is 1.07 bits per heavy atom. The van der Waals surface area contributed by atoms with Crippen molar-refractivity contribution in [2.75, 3.05) is 6.54 Å². The van der Waals surface area contributed by atoms with Gasteiger partial charge in [-0.2, -0.15) is 5.10 Å². The second-order valence-electron chi connectivity index (χ2n) is 6.67. The zero-order chi connectivity index (χ0) is 18.8. The number of thiophene rings is 1. The third-order valence-corrected chi connectivity index (χ3v) is 5.65. The largest absolute Gasteiger partial charge is 0.350 e. The molecule has 0 bridgehead atoms. The highest BCUT2D eigenvalue weighted by Crippen LogP contribution is 2.24. The third-order valence-electron chi connectivity index (χ3n) is 4.68. The van der Waals surface area contributed by atoms with Crippen LogP contribution in [0.3, 0.4) is 0 Å². The third kappa shape index (κ3) is 3.64. The fraction of sp³-hybridized carbons (Fsp3) is 0.182. The quantitative estimate of drug-likeness (QED) is 0.548. The molecule has 0 saturated heterocycles. The van der Waals surface area contributed by atoms with Gasteiger partial charge in [0.15, 0.2) is 0 Å². The van der Waals surface area contributed by atoms with Crippen LogP contribution < -0.4 is 5.32 Å². The summed E-state index contributed by atoms with van der Waals surface area (Å²) in [6.45, 7) is 4.53. The predicted molar refractivity (Wildman–Crippen MR) is 110 cm³/mol. The number of hydrogen-bond acceptors (Lipinski definition) is 3. The summed E-state index contributed by atoms with van der Waals surface area (Å²) in [6, 6.07) is 20.0. The monoisotopic (exact) mass is 375 g/mol. The maximum Gasteiger partial charge on any atom is 0.251 e. The molecule has 4 aromatic rings. The Labute approximate surface area is 162 Å². The summed E-state index contributed by atoms with van der Waals surface area (Å²) >= 11 is 1.68. The van der Waals surface area contributed by atoms with Gasteiger partial charge in [0, 0.05) is 22.7 Å². The highest BCUT2D eigenvalue weighted by molar-refractivity contribution is 7.10. The van der Waals surface area contributed by atoms with Crippen molar-refractivity contribution in [2.24, 2.45) is 0 Å². The number of fused-ring (bicyclic) bond motifs is 1. The number of nitrogens with one attached hydrogen (secondary N) is 1. The molecule has 0 aliphatic rings. The number of carbonyl (C=O) groups excluding carboxylic acids is 1. The summed E-state index contributed by atoms with van der Waals surface area (Å²) < 4.78 is 2.00. The van der Waals surface area contributed by atoms with Gasteiger partial charge in [-0.25, -0.2) is 0 Å². The Kier molecular flexibility index (Phi) is 4.77. The fourth-order valence-corrected chi connectivity index (χ4v) is 4.18. The second kappa shape index (κ2) is 7.37. The molecule has 0 fully saturated rings. The minimum atomic E-state index is -0.0659. The Hall–Kier alpha value is -2.92. The molecule has 1 N–H and O–H groups in total. The van der Waals surface area contributed by atoms with Crippen LogP contribution in [-0.2, 0) is 0 Å². The van der Waals surface area contributed by atoms with Gasteiger partial charge in [0.25, 0.3) is 5.91 Å². The lowest BCUT2D eigenvalue weighted by molar-refractivity contribution is 0.0949. The lowest BCUT2D eigenvalue weighted by atomic mass is 10.1. The molecule has 0 spiro atoms. The van der Waals surface area contributed by atoms with Gasteiger partial charge in [-0.1, -0.05) is 36.4 Å². The topological polar surface area (TPSA) is 46.9 Å². The zero-order valence-electron chi connectivity index (χ0n) is 15.3. The SMILES string of the molecule is Cc1cc(C)n(C(CNC(=O)c2ccc3ccccc3c2)c2cccs2)n1. The van der Waals surface area contributed by atoms with E-state index in [1.54, 1.807) is 11.3 Å². The van der Waals surface area contributed by atoms with Gasteiger partial charge < -0.3 is 5.32 Å². The van der Waals surface area contributed by atoms with E-state index >= 15 is 0 Å². The normalized spacial score (nSPS) is 12.2. The number of benzene rings is 2. The summed E-state index contributed by atoms with van der Waals surface area (Å²) in [4.78, 5) is 13.9. The lowest BCUT2D eigenvalue weighted by Crippen LogP contribution is -2.31. The number of carbonyl (C=O) groups is 1. The molecule has 0 radical (unpaired) electrons. The van der Waals surface area contributed by atoms with Crippen molar-refractivity contribution in [3.05, 3.63) is 87.9 Å². The molecule has 4 rings (SSSR count). The number of nitrogens with zero attached hydrogens (tertiary/aromatic N) is 2. The lowest BCUT2D eigenvalue weighted by Gasteiger charge is -2.19. The standard InChI is InChI=1S/C22H21N3OS/c1-15-12-16(2)25(24-15)20(21-8-5-11-27-21)14-23-22(26)19-10-9-17-6-3-4-7-18(17)13-19/h3-13,20H,14H2,1-2H3,(H,23,26). The van der Waals surface area contributed by atoms with Crippen molar-refractivity contribution in [3.63, 3.8) is 0 Å². The van der Waals surface area contributed by atoms with Gasteiger partial charge in [0.1, 0.15) is 6.04 Å². The van der Waals surface area contributed by atoms with Crippen LogP contribution in [-0.4, -0.2) is 22.2 Å². The van der Waals surface area contributed by atoms with Gasteiger partial charge in [-0.15, -0.1) is 11.3 Å². The Morgan fingerprint density at radius 2 is 1.89 bits per heavy atom. The molecule has 2 heterocycles. The molecule has 5 heteroatoms. The zero-order valence-corrected chi connectivity index (χ0v) is 16.2. The van der Waals surface area contributed by atoms with Crippen LogP contribution in [0.1, 0.15) is 32.7 Å². The van der Waals surface area contributed by atoms with Crippen molar-refractivity contribution in [3.8, 4) is 0 Å². The summed E-state index contributed by atoms with van der Waals surface area (Å²) in [5, 5.41) is 12.0. The van der Waals surface area contributed by atoms with Crippen molar-refractivity contribution >= 4 is 28.0 Å². The Bertz CT molecular complexity index is 1080. The van der Waals surface area contributed by atoms with E-state index in [-0.39, 0.29) is 11.9 Å². The maximum absolute atomic E-state index is 12.7. The molecule has 0 aliphatic carbocycles. The van der Waals surface area contributed by atoms with E-state index in [0.29, 0.717) is 12.1 Å². The average molecular weight is 375 g/mol. The summed E-state index contributed by atoms with van der Waals surface area (Å²) in [6.07, 6.45) is 0. The number of aromatic nitrogens is 2. The first-order valence-corrected chi connectivity index (χ1v) is 9.83. The van der Waals surface area contributed by atoms with Crippen LogP contribution in [0.2, 0.25) is 0 Å².